The fraction of sp³-hybridized carbons (Fsp3) is 0.818. The Bertz CT molecular complexity index is 269. The monoisotopic (exact) mass is 262 g/mol. The number of carboxylic acids is 1. The molecule has 5 nitrogen and oxygen atoms in total. The predicted molar refractivity (Wildman–Crippen MR) is 70.3 cm³/mol. The number of carbonyl (C=O) groups is 2. The van der Waals surface area contributed by atoms with E-state index in [1.807, 2.05) is 13.2 Å². The number of hydrogen-bond acceptors (Lipinski definition) is 4. The Morgan fingerprint density at radius 2 is 2.00 bits per heavy atom. The maximum absolute atomic E-state index is 11.9. The molecule has 0 spiro atoms. The van der Waals surface area contributed by atoms with Crippen LogP contribution in [0.4, 0.5) is 0 Å². The minimum absolute atomic E-state index is 0.284. The standard InChI is InChI=1S/C11H22N2O3S/c1-5-12-11(2,3)10(16)13-8(9(14)15)6-7-17-4/h8,12H,5-7H2,1-4H3,(H,13,16)(H,14,15)/t8-/m1/s1. The van der Waals surface area contributed by atoms with E-state index in [0.29, 0.717) is 18.7 Å². The van der Waals surface area contributed by atoms with Crippen molar-refractivity contribution in [2.75, 3.05) is 18.6 Å². The van der Waals surface area contributed by atoms with E-state index in [1.165, 1.54) is 0 Å². The van der Waals surface area contributed by atoms with Crippen LogP contribution in [0.15, 0.2) is 0 Å². The molecule has 0 aliphatic carbocycles. The first-order valence-electron chi connectivity index (χ1n) is 5.63. The molecule has 17 heavy (non-hydrogen) atoms. The summed E-state index contributed by atoms with van der Waals surface area (Å²) in [6.07, 6.45) is 2.34. The van der Waals surface area contributed by atoms with E-state index in [9.17, 15) is 9.59 Å². The summed E-state index contributed by atoms with van der Waals surface area (Å²) in [4.78, 5) is 22.9. The smallest absolute Gasteiger partial charge is 0.326 e. The normalized spacial score (nSPS) is 13.2. The van der Waals surface area contributed by atoms with Crippen molar-refractivity contribution in [3.63, 3.8) is 0 Å². The van der Waals surface area contributed by atoms with E-state index < -0.39 is 17.6 Å². The van der Waals surface area contributed by atoms with Gasteiger partial charge in [0.1, 0.15) is 6.04 Å². The van der Waals surface area contributed by atoms with Crippen molar-refractivity contribution < 1.29 is 14.7 Å². The molecule has 0 unspecified atom stereocenters. The lowest BCUT2D eigenvalue weighted by atomic mass is 10.0. The number of likely N-dealkylation sites (N-methyl/N-ethyl adjacent to an activating group) is 1. The SMILES string of the molecule is CCNC(C)(C)C(=O)N[C@H](CCSC)C(=O)O. The topological polar surface area (TPSA) is 78.4 Å². The zero-order chi connectivity index (χ0) is 13.5. The first kappa shape index (κ1) is 16.2. The van der Waals surface area contributed by atoms with Gasteiger partial charge in [0, 0.05) is 0 Å². The molecular weight excluding hydrogens is 240 g/mol. The van der Waals surface area contributed by atoms with Crippen molar-refractivity contribution in [2.24, 2.45) is 0 Å². The van der Waals surface area contributed by atoms with Gasteiger partial charge in [-0.05, 0) is 38.8 Å². The lowest BCUT2D eigenvalue weighted by Gasteiger charge is -2.26. The lowest BCUT2D eigenvalue weighted by Crippen LogP contribution is -2.56. The van der Waals surface area contributed by atoms with Crippen LogP contribution in [0.5, 0.6) is 0 Å². The minimum atomic E-state index is -0.986. The number of nitrogens with one attached hydrogen (secondary N) is 2. The van der Waals surface area contributed by atoms with Gasteiger partial charge in [-0.15, -0.1) is 0 Å². The third kappa shape index (κ3) is 5.93. The molecule has 100 valence electrons. The summed E-state index contributed by atoms with van der Waals surface area (Å²) >= 11 is 1.56. The Morgan fingerprint density at radius 1 is 1.41 bits per heavy atom. The van der Waals surface area contributed by atoms with Crippen LogP contribution in [0.1, 0.15) is 27.2 Å². The van der Waals surface area contributed by atoms with Crippen LogP contribution in [0.3, 0.4) is 0 Å². The van der Waals surface area contributed by atoms with Gasteiger partial charge in [-0.3, -0.25) is 4.79 Å². The number of carboxylic acid groups (broad SMARTS) is 1. The Balaban J connectivity index is 4.44. The third-order valence-electron chi connectivity index (χ3n) is 2.40. The quantitative estimate of drug-likeness (QED) is 0.600. The molecule has 0 aliphatic rings. The van der Waals surface area contributed by atoms with Gasteiger partial charge in [0.05, 0.1) is 5.54 Å². The van der Waals surface area contributed by atoms with E-state index >= 15 is 0 Å². The maximum Gasteiger partial charge on any atom is 0.326 e. The van der Waals surface area contributed by atoms with Crippen LogP contribution in [-0.2, 0) is 9.59 Å². The van der Waals surface area contributed by atoms with Crippen LogP contribution in [0.25, 0.3) is 0 Å². The fourth-order valence-corrected chi connectivity index (χ4v) is 1.83. The molecule has 1 atom stereocenters. The molecule has 1 amide bonds. The molecule has 0 fully saturated rings. The van der Waals surface area contributed by atoms with Crippen molar-refractivity contribution in [1.82, 2.24) is 10.6 Å². The summed E-state index contributed by atoms with van der Waals surface area (Å²) in [7, 11) is 0. The summed E-state index contributed by atoms with van der Waals surface area (Å²) in [6.45, 7) is 6.03. The van der Waals surface area contributed by atoms with E-state index in [4.69, 9.17) is 5.11 Å². The molecule has 0 aromatic heterocycles. The third-order valence-corrected chi connectivity index (χ3v) is 3.04. The largest absolute Gasteiger partial charge is 0.480 e. The van der Waals surface area contributed by atoms with Crippen molar-refractivity contribution in [2.45, 2.75) is 38.8 Å². The minimum Gasteiger partial charge on any atom is -0.480 e. The van der Waals surface area contributed by atoms with Gasteiger partial charge in [-0.1, -0.05) is 6.92 Å². The van der Waals surface area contributed by atoms with Crippen LogP contribution >= 0.6 is 11.8 Å². The molecule has 0 aliphatic heterocycles. The maximum atomic E-state index is 11.9. The summed E-state index contributed by atoms with van der Waals surface area (Å²) < 4.78 is 0. The highest BCUT2D eigenvalue weighted by atomic mass is 32.2. The number of carbonyl (C=O) groups excluding carboxylic acids is 1. The molecule has 0 aromatic rings. The number of rotatable bonds is 8. The van der Waals surface area contributed by atoms with Gasteiger partial charge in [0.25, 0.3) is 0 Å². The molecule has 0 saturated carbocycles. The highest BCUT2D eigenvalue weighted by Gasteiger charge is 2.30. The second kappa shape index (κ2) is 7.55. The van der Waals surface area contributed by atoms with Crippen molar-refractivity contribution in [1.29, 1.82) is 0 Å². The molecule has 0 rings (SSSR count). The summed E-state index contributed by atoms with van der Waals surface area (Å²) in [6, 6.07) is -0.812. The highest BCUT2D eigenvalue weighted by Crippen LogP contribution is 2.06. The predicted octanol–water partition coefficient (Wildman–Crippen LogP) is 0.697. The number of thioether (sulfide) groups is 1. The number of aliphatic carboxylic acids is 1. The summed E-state index contributed by atoms with van der Waals surface area (Å²) in [5.41, 5.74) is -0.748. The molecule has 0 heterocycles. The molecular formula is C11H22N2O3S. The van der Waals surface area contributed by atoms with Gasteiger partial charge in [-0.25, -0.2) is 4.79 Å². The van der Waals surface area contributed by atoms with Gasteiger partial charge in [-0.2, -0.15) is 11.8 Å². The zero-order valence-corrected chi connectivity index (χ0v) is 11.7. The lowest BCUT2D eigenvalue weighted by molar-refractivity contribution is -0.142. The van der Waals surface area contributed by atoms with Gasteiger partial charge in [0.2, 0.25) is 5.91 Å². The molecule has 6 heteroatoms. The second-order valence-electron chi connectivity index (χ2n) is 4.30. The van der Waals surface area contributed by atoms with Crippen LogP contribution in [0.2, 0.25) is 0 Å². The Morgan fingerprint density at radius 3 is 2.41 bits per heavy atom. The molecule has 0 bridgehead atoms. The summed E-state index contributed by atoms with van der Waals surface area (Å²) in [5, 5.41) is 14.6. The summed E-state index contributed by atoms with van der Waals surface area (Å²) in [5.74, 6) is -0.564. The molecule has 0 saturated heterocycles. The first-order valence-corrected chi connectivity index (χ1v) is 7.02. The Hall–Kier alpha value is -0.750. The van der Waals surface area contributed by atoms with E-state index in [0.717, 1.165) is 0 Å². The van der Waals surface area contributed by atoms with Crippen molar-refractivity contribution in [3.05, 3.63) is 0 Å². The number of amides is 1. The Kier molecular flexibility index (Phi) is 7.22. The van der Waals surface area contributed by atoms with Crippen LogP contribution in [0, 0.1) is 0 Å². The molecule has 3 N–H and O–H groups in total. The van der Waals surface area contributed by atoms with Crippen molar-refractivity contribution in [3.8, 4) is 0 Å². The van der Waals surface area contributed by atoms with Crippen LogP contribution < -0.4 is 10.6 Å². The van der Waals surface area contributed by atoms with Gasteiger partial charge in [0.15, 0.2) is 0 Å². The van der Waals surface area contributed by atoms with Gasteiger partial charge < -0.3 is 15.7 Å². The van der Waals surface area contributed by atoms with E-state index in [1.54, 1.807) is 25.6 Å². The van der Waals surface area contributed by atoms with Crippen molar-refractivity contribution >= 4 is 23.6 Å². The molecule has 0 radical (unpaired) electrons. The highest BCUT2D eigenvalue weighted by molar-refractivity contribution is 7.98. The Labute approximate surface area is 107 Å². The zero-order valence-electron chi connectivity index (χ0n) is 10.9. The molecule has 0 aromatic carbocycles. The average Bonchev–Trinajstić information content (AvgIpc) is 2.23. The van der Waals surface area contributed by atoms with Gasteiger partial charge >= 0.3 is 5.97 Å². The fourth-order valence-electron chi connectivity index (χ4n) is 1.35. The van der Waals surface area contributed by atoms with Crippen LogP contribution in [-0.4, -0.2) is 47.1 Å². The second-order valence-corrected chi connectivity index (χ2v) is 5.29. The average molecular weight is 262 g/mol. The van der Waals surface area contributed by atoms with E-state index in [2.05, 4.69) is 10.6 Å². The number of hydrogen-bond donors (Lipinski definition) is 3. The first-order chi connectivity index (χ1) is 7.85. The van der Waals surface area contributed by atoms with E-state index in [-0.39, 0.29) is 5.91 Å².